The Morgan fingerprint density at radius 2 is 2.24 bits per heavy atom. The molecule has 0 fully saturated rings. The second kappa shape index (κ2) is 4.14. The first-order valence-electron chi connectivity index (χ1n) is 5.26. The van der Waals surface area contributed by atoms with E-state index in [1.54, 1.807) is 0 Å². The number of hydrogen-bond donors (Lipinski definition) is 2. The van der Waals surface area contributed by atoms with Gasteiger partial charge in [-0.1, -0.05) is 19.9 Å². The number of halogens is 1. The number of carbonyl (C=O) groups is 1. The number of carboxylic acid groups (broad SMARTS) is 1. The zero-order chi connectivity index (χ0) is 12.6. The first-order valence-corrected chi connectivity index (χ1v) is 6.05. The minimum absolute atomic E-state index is 0.105. The third-order valence-electron chi connectivity index (χ3n) is 2.88. The van der Waals surface area contributed by atoms with Gasteiger partial charge in [0.1, 0.15) is 4.60 Å². The lowest BCUT2D eigenvalue weighted by atomic mass is 9.81. The number of nitrogens with one attached hydrogen (secondary N) is 1. The van der Waals surface area contributed by atoms with E-state index in [0.717, 1.165) is 21.1 Å². The first kappa shape index (κ1) is 12.1. The lowest BCUT2D eigenvalue weighted by molar-refractivity contribution is -0.138. The molecule has 1 heterocycles. The van der Waals surface area contributed by atoms with Crippen LogP contribution in [0.2, 0.25) is 0 Å². The molecule has 2 rings (SSSR count). The SMILES string of the molecule is CC(C)(CC(=O)O)c1ccc2n[nH]c(Br)c2c1. The van der Waals surface area contributed by atoms with Gasteiger partial charge in [0, 0.05) is 10.8 Å². The molecular weight excluding hydrogens is 284 g/mol. The van der Waals surface area contributed by atoms with Crippen LogP contribution in [0, 0.1) is 0 Å². The molecule has 0 aliphatic carbocycles. The van der Waals surface area contributed by atoms with E-state index in [-0.39, 0.29) is 6.42 Å². The number of carboxylic acids is 1. The number of benzene rings is 1. The minimum Gasteiger partial charge on any atom is -0.481 e. The largest absolute Gasteiger partial charge is 0.481 e. The van der Waals surface area contributed by atoms with Crippen molar-refractivity contribution in [1.29, 1.82) is 0 Å². The second-order valence-electron chi connectivity index (χ2n) is 4.72. The molecule has 1 aromatic heterocycles. The molecule has 2 aromatic rings. The molecule has 5 heteroatoms. The van der Waals surface area contributed by atoms with Crippen LogP contribution in [0.4, 0.5) is 0 Å². The highest BCUT2D eigenvalue weighted by atomic mass is 79.9. The average molecular weight is 297 g/mol. The molecule has 90 valence electrons. The molecule has 0 amide bonds. The molecule has 0 bridgehead atoms. The summed E-state index contributed by atoms with van der Waals surface area (Å²) in [6.07, 6.45) is 0.105. The van der Waals surface area contributed by atoms with Crippen molar-refractivity contribution in [3.8, 4) is 0 Å². The van der Waals surface area contributed by atoms with Gasteiger partial charge in [0.25, 0.3) is 0 Å². The Hall–Kier alpha value is -1.36. The van der Waals surface area contributed by atoms with E-state index in [0.29, 0.717) is 0 Å². The summed E-state index contributed by atoms with van der Waals surface area (Å²) in [6, 6.07) is 5.81. The van der Waals surface area contributed by atoms with Gasteiger partial charge < -0.3 is 5.11 Å². The summed E-state index contributed by atoms with van der Waals surface area (Å²) in [5, 5.41) is 16.8. The van der Waals surface area contributed by atoms with E-state index in [1.165, 1.54) is 0 Å². The minimum atomic E-state index is -0.790. The molecule has 0 aliphatic rings. The summed E-state index contributed by atoms with van der Waals surface area (Å²) >= 11 is 3.38. The highest BCUT2D eigenvalue weighted by Crippen LogP contribution is 2.31. The molecule has 0 saturated heterocycles. The third kappa shape index (κ3) is 2.34. The van der Waals surface area contributed by atoms with Crippen LogP contribution in [0.3, 0.4) is 0 Å². The van der Waals surface area contributed by atoms with Crippen LogP contribution < -0.4 is 0 Å². The average Bonchev–Trinajstić information content (AvgIpc) is 2.58. The van der Waals surface area contributed by atoms with Gasteiger partial charge in [0.05, 0.1) is 11.9 Å². The van der Waals surface area contributed by atoms with E-state index < -0.39 is 11.4 Å². The van der Waals surface area contributed by atoms with Crippen molar-refractivity contribution in [3.63, 3.8) is 0 Å². The van der Waals surface area contributed by atoms with E-state index >= 15 is 0 Å². The predicted molar refractivity (Wildman–Crippen MR) is 69.1 cm³/mol. The summed E-state index contributed by atoms with van der Waals surface area (Å²) in [7, 11) is 0. The molecule has 17 heavy (non-hydrogen) atoms. The maximum absolute atomic E-state index is 10.8. The number of aliphatic carboxylic acids is 1. The van der Waals surface area contributed by atoms with Crippen LogP contribution in [0.1, 0.15) is 25.8 Å². The van der Waals surface area contributed by atoms with Gasteiger partial charge in [-0.3, -0.25) is 9.89 Å². The predicted octanol–water partition coefficient (Wildman–Crippen LogP) is 3.08. The van der Waals surface area contributed by atoms with Crippen molar-refractivity contribution in [2.75, 3.05) is 0 Å². The Morgan fingerprint density at radius 3 is 2.88 bits per heavy atom. The van der Waals surface area contributed by atoms with Crippen molar-refractivity contribution in [2.45, 2.75) is 25.7 Å². The van der Waals surface area contributed by atoms with Crippen molar-refractivity contribution < 1.29 is 9.90 Å². The smallest absolute Gasteiger partial charge is 0.304 e. The summed E-state index contributed by atoms with van der Waals surface area (Å²) in [6.45, 7) is 3.85. The maximum atomic E-state index is 10.8. The van der Waals surface area contributed by atoms with Crippen molar-refractivity contribution in [1.82, 2.24) is 10.2 Å². The molecule has 0 saturated carbocycles. The number of hydrogen-bond acceptors (Lipinski definition) is 2. The van der Waals surface area contributed by atoms with E-state index in [4.69, 9.17) is 5.11 Å². The topological polar surface area (TPSA) is 66.0 Å². The van der Waals surface area contributed by atoms with Crippen molar-refractivity contribution in [2.24, 2.45) is 0 Å². The van der Waals surface area contributed by atoms with Crippen LogP contribution in [0.25, 0.3) is 10.9 Å². The molecular formula is C12H13BrN2O2. The fourth-order valence-corrected chi connectivity index (χ4v) is 2.29. The highest BCUT2D eigenvalue weighted by Gasteiger charge is 2.24. The van der Waals surface area contributed by atoms with Crippen molar-refractivity contribution >= 4 is 32.8 Å². The molecule has 0 atom stereocenters. The summed E-state index contributed by atoms with van der Waals surface area (Å²) in [5.41, 5.74) is 1.47. The maximum Gasteiger partial charge on any atom is 0.304 e. The van der Waals surface area contributed by atoms with Crippen LogP contribution in [0.15, 0.2) is 22.8 Å². The summed E-state index contributed by atoms with van der Waals surface area (Å²) in [4.78, 5) is 10.8. The Kier molecular flexibility index (Phi) is 2.95. The second-order valence-corrected chi connectivity index (χ2v) is 5.52. The van der Waals surface area contributed by atoms with Crippen LogP contribution in [-0.2, 0) is 10.2 Å². The Balaban J connectivity index is 2.48. The lowest BCUT2D eigenvalue weighted by Gasteiger charge is -2.23. The molecule has 0 radical (unpaired) electrons. The van der Waals surface area contributed by atoms with Gasteiger partial charge >= 0.3 is 5.97 Å². The number of aromatic nitrogens is 2. The molecule has 1 aromatic carbocycles. The van der Waals surface area contributed by atoms with Crippen LogP contribution in [0.5, 0.6) is 0 Å². The Morgan fingerprint density at radius 1 is 1.53 bits per heavy atom. The van der Waals surface area contributed by atoms with Gasteiger partial charge in [-0.2, -0.15) is 5.10 Å². The standard InChI is InChI=1S/C12H13BrN2O2/c1-12(2,6-10(16)17)7-3-4-9-8(5-7)11(13)15-14-9/h3-5H,6H2,1-2H3,(H,14,15)(H,16,17). The monoisotopic (exact) mass is 296 g/mol. The van der Waals surface area contributed by atoms with E-state index in [2.05, 4.69) is 26.1 Å². The van der Waals surface area contributed by atoms with Crippen LogP contribution in [-0.4, -0.2) is 21.3 Å². The highest BCUT2D eigenvalue weighted by molar-refractivity contribution is 9.10. The first-order chi connectivity index (χ1) is 7.90. The molecule has 0 aliphatic heterocycles. The zero-order valence-corrected chi connectivity index (χ0v) is 11.2. The van der Waals surface area contributed by atoms with Gasteiger partial charge in [-0.05, 0) is 33.6 Å². The third-order valence-corrected chi connectivity index (χ3v) is 3.49. The van der Waals surface area contributed by atoms with Crippen molar-refractivity contribution in [3.05, 3.63) is 28.4 Å². The fraction of sp³-hybridized carbons (Fsp3) is 0.333. The van der Waals surface area contributed by atoms with Gasteiger partial charge in [-0.25, -0.2) is 0 Å². The van der Waals surface area contributed by atoms with Crippen LogP contribution >= 0.6 is 15.9 Å². The lowest BCUT2D eigenvalue weighted by Crippen LogP contribution is -2.21. The van der Waals surface area contributed by atoms with Gasteiger partial charge in [0.15, 0.2) is 0 Å². The summed E-state index contributed by atoms with van der Waals surface area (Å²) < 4.78 is 0.820. The molecule has 2 N–H and O–H groups in total. The van der Waals surface area contributed by atoms with E-state index in [9.17, 15) is 4.79 Å². The normalized spacial score (nSPS) is 11.9. The molecule has 0 spiro atoms. The number of nitrogens with zero attached hydrogens (tertiary/aromatic N) is 1. The Bertz CT molecular complexity index is 575. The van der Waals surface area contributed by atoms with Gasteiger partial charge in [-0.15, -0.1) is 0 Å². The van der Waals surface area contributed by atoms with E-state index in [1.807, 2.05) is 32.0 Å². The quantitative estimate of drug-likeness (QED) is 0.915. The molecule has 4 nitrogen and oxygen atoms in total. The number of H-pyrrole nitrogens is 1. The fourth-order valence-electron chi connectivity index (χ4n) is 1.88. The number of rotatable bonds is 3. The number of aromatic amines is 1. The molecule has 0 unspecified atom stereocenters. The van der Waals surface area contributed by atoms with Gasteiger partial charge in [0.2, 0.25) is 0 Å². The summed E-state index contributed by atoms with van der Waals surface area (Å²) in [5.74, 6) is -0.790. The Labute approximate surface area is 107 Å². The zero-order valence-electron chi connectivity index (χ0n) is 9.62. The number of fused-ring (bicyclic) bond motifs is 1.